The SMILES string of the molecule is O=C(O)/C=C\C(=O)OC(C(=O)O)C(O)C(=O)O. The van der Waals surface area contributed by atoms with Gasteiger partial charge in [-0.15, -0.1) is 0 Å². The number of rotatable bonds is 6. The van der Waals surface area contributed by atoms with Crippen LogP contribution in [-0.2, 0) is 23.9 Å². The third-order valence-electron chi connectivity index (χ3n) is 1.39. The van der Waals surface area contributed by atoms with E-state index in [1.807, 2.05) is 0 Å². The van der Waals surface area contributed by atoms with Crippen LogP contribution in [0, 0.1) is 0 Å². The number of ether oxygens (including phenoxy) is 1. The lowest BCUT2D eigenvalue weighted by atomic mass is 10.2. The van der Waals surface area contributed by atoms with Crippen molar-refractivity contribution in [1.29, 1.82) is 0 Å². The fraction of sp³-hybridized carbons (Fsp3) is 0.250. The van der Waals surface area contributed by atoms with Crippen LogP contribution in [0.4, 0.5) is 0 Å². The highest BCUT2D eigenvalue weighted by Crippen LogP contribution is 2.02. The van der Waals surface area contributed by atoms with E-state index in [4.69, 9.17) is 20.4 Å². The molecular weight excluding hydrogens is 240 g/mol. The minimum atomic E-state index is -2.45. The van der Waals surface area contributed by atoms with Crippen LogP contribution in [0.3, 0.4) is 0 Å². The van der Waals surface area contributed by atoms with Crippen molar-refractivity contribution in [3.63, 3.8) is 0 Å². The molecule has 0 saturated heterocycles. The number of esters is 1. The first-order valence-electron chi connectivity index (χ1n) is 4.01. The van der Waals surface area contributed by atoms with Gasteiger partial charge in [0.1, 0.15) is 0 Å². The summed E-state index contributed by atoms with van der Waals surface area (Å²) < 4.78 is 4.07. The van der Waals surface area contributed by atoms with Crippen molar-refractivity contribution in [3.8, 4) is 0 Å². The van der Waals surface area contributed by atoms with Crippen molar-refractivity contribution in [2.75, 3.05) is 0 Å². The first kappa shape index (κ1) is 14.6. The van der Waals surface area contributed by atoms with E-state index < -0.39 is 36.1 Å². The summed E-state index contributed by atoms with van der Waals surface area (Å²) in [5.41, 5.74) is 0. The monoisotopic (exact) mass is 248 g/mol. The molecule has 9 nitrogen and oxygen atoms in total. The number of carboxylic acids is 3. The maximum absolute atomic E-state index is 10.8. The topological polar surface area (TPSA) is 158 Å². The van der Waals surface area contributed by atoms with Gasteiger partial charge in [-0.05, 0) is 0 Å². The van der Waals surface area contributed by atoms with Crippen LogP contribution in [0.25, 0.3) is 0 Å². The first-order chi connectivity index (χ1) is 7.75. The van der Waals surface area contributed by atoms with E-state index in [9.17, 15) is 19.2 Å². The molecule has 0 aliphatic heterocycles. The third kappa shape index (κ3) is 5.28. The van der Waals surface area contributed by atoms with Crippen molar-refractivity contribution >= 4 is 23.9 Å². The average Bonchev–Trinajstić information content (AvgIpc) is 2.21. The van der Waals surface area contributed by atoms with Crippen LogP contribution in [0.2, 0.25) is 0 Å². The minimum Gasteiger partial charge on any atom is -0.479 e. The van der Waals surface area contributed by atoms with Crippen LogP contribution in [0.15, 0.2) is 12.2 Å². The van der Waals surface area contributed by atoms with E-state index in [-0.39, 0.29) is 0 Å². The first-order valence-corrected chi connectivity index (χ1v) is 4.01. The Morgan fingerprint density at radius 2 is 1.47 bits per heavy atom. The summed E-state index contributed by atoms with van der Waals surface area (Å²) in [6.07, 6.45) is -4.02. The van der Waals surface area contributed by atoms with Crippen molar-refractivity contribution < 1.29 is 44.3 Å². The number of aliphatic hydroxyl groups is 1. The molecule has 0 aromatic carbocycles. The third-order valence-corrected chi connectivity index (χ3v) is 1.39. The Balaban J connectivity index is 4.67. The molecule has 2 unspecified atom stereocenters. The Kier molecular flexibility index (Phi) is 5.34. The molecule has 2 atom stereocenters. The molecule has 4 N–H and O–H groups in total. The number of hydrogen-bond acceptors (Lipinski definition) is 6. The van der Waals surface area contributed by atoms with Gasteiger partial charge in [0.25, 0.3) is 0 Å². The van der Waals surface area contributed by atoms with E-state index >= 15 is 0 Å². The fourth-order valence-electron chi connectivity index (χ4n) is 0.683. The minimum absolute atomic E-state index is 0.369. The zero-order valence-corrected chi connectivity index (χ0v) is 8.14. The molecule has 0 amide bonds. The highest BCUT2D eigenvalue weighted by Gasteiger charge is 2.35. The van der Waals surface area contributed by atoms with Gasteiger partial charge in [-0.1, -0.05) is 0 Å². The Morgan fingerprint density at radius 1 is 0.941 bits per heavy atom. The maximum atomic E-state index is 10.8. The van der Waals surface area contributed by atoms with Gasteiger partial charge in [-0.3, -0.25) is 0 Å². The van der Waals surface area contributed by atoms with E-state index in [1.54, 1.807) is 0 Å². The predicted octanol–water partition coefficient (Wildman–Crippen LogP) is -1.93. The maximum Gasteiger partial charge on any atom is 0.348 e. The quantitative estimate of drug-likeness (QED) is 0.310. The van der Waals surface area contributed by atoms with Crippen molar-refractivity contribution in [2.24, 2.45) is 0 Å². The van der Waals surface area contributed by atoms with Crippen LogP contribution in [0.5, 0.6) is 0 Å². The summed E-state index contributed by atoms with van der Waals surface area (Å²) in [5, 5.41) is 33.8. The van der Waals surface area contributed by atoms with Crippen LogP contribution < -0.4 is 0 Å². The van der Waals surface area contributed by atoms with Crippen LogP contribution in [-0.4, -0.2) is 56.5 Å². The standard InChI is InChI=1S/C8H8O9/c9-3(10)1-2-4(11)17-6(8(15)16)5(12)7(13)14/h1-2,5-6,12H,(H,9,10)(H,13,14)(H,15,16)/b2-1-. The largest absolute Gasteiger partial charge is 0.479 e. The summed E-state index contributed by atoms with van der Waals surface area (Å²) in [5.74, 6) is -6.66. The van der Waals surface area contributed by atoms with E-state index in [2.05, 4.69) is 4.74 Å². The molecule has 0 aromatic heterocycles. The van der Waals surface area contributed by atoms with Crippen LogP contribution >= 0.6 is 0 Å². The lowest BCUT2D eigenvalue weighted by molar-refractivity contribution is -0.176. The number of hydrogen-bond donors (Lipinski definition) is 4. The molecule has 0 aromatic rings. The molecular formula is C8H8O9. The van der Waals surface area contributed by atoms with E-state index in [1.165, 1.54) is 0 Å². The lowest BCUT2D eigenvalue weighted by Gasteiger charge is -2.14. The molecule has 0 bridgehead atoms. The zero-order chi connectivity index (χ0) is 13.6. The summed E-state index contributed by atoms with van der Waals surface area (Å²) in [7, 11) is 0. The summed E-state index contributed by atoms with van der Waals surface area (Å²) in [4.78, 5) is 41.6. The van der Waals surface area contributed by atoms with Gasteiger partial charge in [0.05, 0.1) is 0 Å². The van der Waals surface area contributed by atoms with Gasteiger partial charge in [0.15, 0.2) is 6.10 Å². The normalized spacial score (nSPS) is 13.9. The van der Waals surface area contributed by atoms with Crippen molar-refractivity contribution in [3.05, 3.63) is 12.2 Å². The summed E-state index contributed by atoms with van der Waals surface area (Å²) >= 11 is 0. The average molecular weight is 248 g/mol. The number of aliphatic hydroxyl groups excluding tert-OH is 1. The highest BCUT2D eigenvalue weighted by molar-refractivity contribution is 5.93. The second kappa shape index (κ2) is 6.23. The molecule has 0 fully saturated rings. The smallest absolute Gasteiger partial charge is 0.348 e. The molecule has 0 aliphatic rings. The van der Waals surface area contributed by atoms with Crippen molar-refractivity contribution in [2.45, 2.75) is 12.2 Å². The molecule has 94 valence electrons. The van der Waals surface area contributed by atoms with Gasteiger partial charge in [0.2, 0.25) is 6.10 Å². The number of aliphatic carboxylic acids is 3. The fourth-order valence-corrected chi connectivity index (χ4v) is 0.683. The Morgan fingerprint density at radius 3 is 1.82 bits per heavy atom. The molecule has 0 saturated carbocycles. The Bertz CT molecular complexity index is 369. The Hall–Kier alpha value is -2.42. The van der Waals surface area contributed by atoms with Gasteiger partial charge in [0, 0.05) is 12.2 Å². The molecule has 0 radical (unpaired) electrons. The highest BCUT2D eigenvalue weighted by atomic mass is 16.6. The molecule has 0 heterocycles. The van der Waals surface area contributed by atoms with Crippen molar-refractivity contribution in [1.82, 2.24) is 0 Å². The summed E-state index contributed by atoms with van der Waals surface area (Å²) in [6, 6.07) is 0. The lowest BCUT2D eigenvalue weighted by Crippen LogP contribution is -2.42. The van der Waals surface area contributed by atoms with E-state index in [0.717, 1.165) is 0 Å². The number of carboxylic acid groups (broad SMARTS) is 3. The molecule has 9 heteroatoms. The van der Waals surface area contributed by atoms with Gasteiger partial charge < -0.3 is 25.2 Å². The molecule has 0 spiro atoms. The van der Waals surface area contributed by atoms with Gasteiger partial charge >= 0.3 is 23.9 Å². The molecule has 0 rings (SSSR count). The van der Waals surface area contributed by atoms with Gasteiger partial charge in [-0.25, -0.2) is 19.2 Å². The number of carbonyl (C=O) groups is 4. The second-order valence-electron chi connectivity index (χ2n) is 2.65. The zero-order valence-electron chi connectivity index (χ0n) is 8.14. The summed E-state index contributed by atoms with van der Waals surface area (Å²) in [6.45, 7) is 0. The predicted molar refractivity (Wildman–Crippen MR) is 47.9 cm³/mol. The Labute approximate surface area is 93.5 Å². The van der Waals surface area contributed by atoms with E-state index in [0.29, 0.717) is 12.2 Å². The molecule has 17 heavy (non-hydrogen) atoms. The second-order valence-corrected chi connectivity index (χ2v) is 2.65. The molecule has 0 aliphatic carbocycles. The number of carbonyl (C=O) groups excluding carboxylic acids is 1. The van der Waals surface area contributed by atoms with Crippen LogP contribution in [0.1, 0.15) is 0 Å². The van der Waals surface area contributed by atoms with Gasteiger partial charge in [-0.2, -0.15) is 0 Å².